The number of unbranched alkanes of at least 4 members (excludes halogenated alkanes) is 51. The molecule has 0 aromatic carbocycles. The van der Waals surface area contributed by atoms with E-state index in [1.54, 1.807) is 0 Å². The molecule has 0 saturated heterocycles. The fraction of sp³-hybridized carbons (Fsp3) is 0.915. The van der Waals surface area contributed by atoms with Crippen LogP contribution in [0.2, 0.25) is 0 Å². The summed E-state index contributed by atoms with van der Waals surface area (Å²) >= 11 is 0. The Morgan fingerprint density at radius 3 is 1.00 bits per heavy atom. The zero-order chi connectivity index (χ0) is 55.7. The van der Waals surface area contributed by atoms with Gasteiger partial charge in [-0.3, -0.25) is 9.59 Å². The van der Waals surface area contributed by atoms with Gasteiger partial charge in [0.15, 0.2) is 0 Å². The number of ether oxygens (including phenoxy) is 1. The summed E-state index contributed by atoms with van der Waals surface area (Å²) in [5.74, 6) is -0.0245. The molecule has 456 valence electrons. The predicted molar refractivity (Wildman–Crippen MR) is 338 cm³/mol. The van der Waals surface area contributed by atoms with Crippen molar-refractivity contribution in [2.45, 2.75) is 405 Å². The first kappa shape index (κ1) is 75.3. The van der Waals surface area contributed by atoms with Crippen LogP contribution in [0.25, 0.3) is 0 Å². The van der Waals surface area contributed by atoms with Crippen LogP contribution in [-0.2, 0) is 14.3 Å². The van der Waals surface area contributed by atoms with E-state index in [4.69, 9.17) is 4.74 Å². The van der Waals surface area contributed by atoms with Crippen molar-refractivity contribution in [3.63, 3.8) is 0 Å². The molecule has 0 aliphatic rings. The average molecular weight is 1080 g/mol. The van der Waals surface area contributed by atoms with Crippen molar-refractivity contribution in [3.05, 3.63) is 24.3 Å². The molecule has 0 aromatic heterocycles. The fourth-order valence-corrected chi connectivity index (χ4v) is 11.1. The highest BCUT2D eigenvalue weighted by atomic mass is 16.5. The number of hydrogen-bond acceptors (Lipinski definition) is 5. The van der Waals surface area contributed by atoms with Gasteiger partial charge in [0.25, 0.3) is 0 Å². The van der Waals surface area contributed by atoms with Gasteiger partial charge in [0, 0.05) is 12.8 Å². The molecule has 0 aliphatic carbocycles. The quantitative estimate of drug-likeness (QED) is 0.0320. The largest absolute Gasteiger partial charge is 0.466 e. The number of allylic oxidation sites excluding steroid dienone is 4. The molecule has 2 atom stereocenters. The molecular formula is C71H137NO5. The number of rotatable bonds is 66. The molecule has 0 saturated carbocycles. The maximum atomic E-state index is 12.5. The van der Waals surface area contributed by atoms with E-state index >= 15 is 0 Å². The van der Waals surface area contributed by atoms with Gasteiger partial charge < -0.3 is 20.3 Å². The standard InChI is InChI=1S/C71H137NO5/c1-3-5-7-9-11-13-15-17-19-21-32-35-39-43-47-51-55-59-63-69(74)68(67-73)72-70(75)64-60-56-52-48-44-40-36-33-30-28-26-24-22-23-25-27-29-31-34-38-42-46-50-54-58-62-66-77-71(76)65-61-57-53-49-45-41-37-20-18-16-14-12-10-8-6-4-2/h14,16,20,37,68-69,73-74H,3-13,15,17-19,21-36,38-67H2,1-2H3,(H,72,75)/b16-14-,37-20-. The van der Waals surface area contributed by atoms with E-state index in [1.165, 1.54) is 308 Å². The molecule has 0 spiro atoms. The molecule has 6 heteroatoms. The first-order valence-electron chi connectivity index (χ1n) is 35.1. The monoisotopic (exact) mass is 1080 g/mol. The lowest BCUT2D eigenvalue weighted by Gasteiger charge is -2.22. The van der Waals surface area contributed by atoms with E-state index in [0.29, 0.717) is 25.9 Å². The summed E-state index contributed by atoms with van der Waals surface area (Å²) in [5.41, 5.74) is 0. The van der Waals surface area contributed by atoms with Crippen LogP contribution >= 0.6 is 0 Å². The molecule has 77 heavy (non-hydrogen) atoms. The van der Waals surface area contributed by atoms with Crippen molar-refractivity contribution >= 4 is 11.9 Å². The number of aliphatic hydroxyl groups is 2. The van der Waals surface area contributed by atoms with Crippen LogP contribution in [0.5, 0.6) is 0 Å². The highest BCUT2D eigenvalue weighted by molar-refractivity contribution is 5.76. The minimum absolute atomic E-state index is 0.00456. The third kappa shape index (κ3) is 63.4. The summed E-state index contributed by atoms with van der Waals surface area (Å²) in [6, 6.07) is -0.540. The molecule has 0 bridgehead atoms. The zero-order valence-electron chi connectivity index (χ0n) is 52.2. The minimum atomic E-state index is -0.663. The van der Waals surface area contributed by atoms with E-state index in [9.17, 15) is 19.8 Å². The number of esters is 1. The van der Waals surface area contributed by atoms with E-state index in [2.05, 4.69) is 43.5 Å². The predicted octanol–water partition coefficient (Wildman–Crippen LogP) is 22.5. The fourth-order valence-electron chi connectivity index (χ4n) is 11.1. The van der Waals surface area contributed by atoms with Crippen molar-refractivity contribution in [2.75, 3.05) is 13.2 Å². The Bertz CT molecular complexity index is 1200. The van der Waals surface area contributed by atoms with Gasteiger partial charge in [-0.05, 0) is 57.8 Å². The van der Waals surface area contributed by atoms with Gasteiger partial charge in [0.05, 0.1) is 25.4 Å². The second-order valence-corrected chi connectivity index (χ2v) is 24.2. The lowest BCUT2D eigenvalue weighted by molar-refractivity contribution is -0.143. The highest BCUT2D eigenvalue weighted by Crippen LogP contribution is 2.19. The first-order valence-corrected chi connectivity index (χ1v) is 35.1. The summed E-state index contributed by atoms with van der Waals surface area (Å²) in [6.07, 6.45) is 83.6. The van der Waals surface area contributed by atoms with Gasteiger partial charge in [-0.15, -0.1) is 0 Å². The van der Waals surface area contributed by atoms with Crippen LogP contribution in [0.4, 0.5) is 0 Å². The van der Waals surface area contributed by atoms with Gasteiger partial charge in [0.2, 0.25) is 5.91 Å². The first-order chi connectivity index (χ1) is 38.0. The second-order valence-electron chi connectivity index (χ2n) is 24.2. The molecule has 0 radical (unpaired) electrons. The summed E-state index contributed by atoms with van der Waals surface area (Å²) < 4.78 is 5.49. The molecule has 2 unspecified atom stereocenters. The second kappa shape index (κ2) is 66.8. The Labute approximate surface area is 481 Å². The zero-order valence-corrected chi connectivity index (χ0v) is 52.2. The minimum Gasteiger partial charge on any atom is -0.466 e. The maximum absolute atomic E-state index is 12.5. The molecule has 0 aliphatic heterocycles. The van der Waals surface area contributed by atoms with Crippen molar-refractivity contribution < 1.29 is 24.5 Å². The van der Waals surface area contributed by atoms with Crippen LogP contribution < -0.4 is 5.32 Å². The van der Waals surface area contributed by atoms with E-state index < -0.39 is 12.1 Å². The van der Waals surface area contributed by atoms with Crippen molar-refractivity contribution in [1.29, 1.82) is 0 Å². The Morgan fingerprint density at radius 2 is 0.649 bits per heavy atom. The van der Waals surface area contributed by atoms with Crippen molar-refractivity contribution in [3.8, 4) is 0 Å². The molecule has 0 aromatic rings. The molecule has 0 heterocycles. The number of carbonyl (C=O) groups is 2. The summed E-state index contributed by atoms with van der Waals surface area (Å²) in [5, 5.41) is 23.4. The summed E-state index contributed by atoms with van der Waals surface area (Å²) in [4.78, 5) is 24.6. The van der Waals surface area contributed by atoms with Crippen LogP contribution in [0.15, 0.2) is 24.3 Å². The van der Waals surface area contributed by atoms with Gasteiger partial charge >= 0.3 is 5.97 Å². The van der Waals surface area contributed by atoms with E-state index in [1.807, 2.05) is 0 Å². The average Bonchev–Trinajstić information content (AvgIpc) is 3.43. The maximum Gasteiger partial charge on any atom is 0.305 e. The van der Waals surface area contributed by atoms with Crippen molar-refractivity contribution in [2.24, 2.45) is 0 Å². The lowest BCUT2D eigenvalue weighted by atomic mass is 10.0. The number of nitrogens with one attached hydrogen (secondary N) is 1. The van der Waals surface area contributed by atoms with Gasteiger partial charge in [-0.25, -0.2) is 0 Å². The van der Waals surface area contributed by atoms with Gasteiger partial charge in [0.1, 0.15) is 0 Å². The third-order valence-corrected chi connectivity index (χ3v) is 16.5. The molecule has 0 rings (SSSR count). The van der Waals surface area contributed by atoms with Crippen LogP contribution in [0, 0.1) is 0 Å². The van der Waals surface area contributed by atoms with Crippen LogP contribution in [-0.4, -0.2) is 47.4 Å². The molecule has 6 nitrogen and oxygen atoms in total. The molecule has 3 N–H and O–H groups in total. The summed E-state index contributed by atoms with van der Waals surface area (Å²) in [7, 11) is 0. The number of hydrogen-bond donors (Lipinski definition) is 3. The Hall–Kier alpha value is -1.66. The van der Waals surface area contributed by atoms with Crippen LogP contribution in [0.3, 0.4) is 0 Å². The van der Waals surface area contributed by atoms with Gasteiger partial charge in [-0.1, -0.05) is 346 Å². The lowest BCUT2D eigenvalue weighted by Crippen LogP contribution is -2.45. The van der Waals surface area contributed by atoms with Crippen molar-refractivity contribution in [1.82, 2.24) is 5.32 Å². The summed E-state index contributed by atoms with van der Waals surface area (Å²) in [6.45, 7) is 4.97. The smallest absolute Gasteiger partial charge is 0.305 e. The highest BCUT2D eigenvalue weighted by Gasteiger charge is 2.20. The molecule has 0 fully saturated rings. The number of aliphatic hydroxyl groups excluding tert-OH is 2. The molecular weight excluding hydrogens is 947 g/mol. The van der Waals surface area contributed by atoms with Gasteiger partial charge in [-0.2, -0.15) is 0 Å². The Balaban J connectivity index is 3.35. The van der Waals surface area contributed by atoms with E-state index in [-0.39, 0.29) is 18.5 Å². The molecule has 1 amide bonds. The third-order valence-electron chi connectivity index (χ3n) is 16.5. The normalized spacial score (nSPS) is 12.6. The SMILES string of the molecule is CCCCCC/C=C\C/C=C\CCCCCCCC(=O)OCCCCCCCCCCCCCCCCCCCCCCCCCCCCC(=O)NC(CO)C(O)CCCCCCCCCCCCCCCCCCCC. The number of amides is 1. The van der Waals surface area contributed by atoms with Crippen LogP contribution in [0.1, 0.15) is 393 Å². The number of carbonyl (C=O) groups excluding carboxylic acids is 2. The Morgan fingerprint density at radius 1 is 0.364 bits per heavy atom. The topological polar surface area (TPSA) is 95.9 Å². The van der Waals surface area contributed by atoms with E-state index in [0.717, 1.165) is 51.4 Å². The Kier molecular flexibility index (Phi) is 65.4.